The molecule has 0 radical (unpaired) electrons. The third-order valence-electron chi connectivity index (χ3n) is 2.95. The lowest BCUT2D eigenvalue weighted by Gasteiger charge is -2.08. The van der Waals surface area contributed by atoms with Crippen molar-refractivity contribution in [1.82, 2.24) is 9.78 Å². The normalized spacial score (nSPS) is 10.5. The minimum Gasteiger partial charge on any atom is -0.398 e. The monoisotopic (exact) mass is 258 g/mol. The topological polar surface area (TPSA) is 72.9 Å². The van der Waals surface area contributed by atoms with Crippen molar-refractivity contribution in [2.75, 3.05) is 11.1 Å². The van der Waals surface area contributed by atoms with Crippen molar-refractivity contribution < 1.29 is 4.79 Å². The summed E-state index contributed by atoms with van der Waals surface area (Å²) in [6.45, 7) is 3.56. The number of anilines is 3. The highest BCUT2D eigenvalue weighted by molar-refractivity contribution is 6.00. The summed E-state index contributed by atoms with van der Waals surface area (Å²) < 4.78 is 1.77. The van der Waals surface area contributed by atoms with Crippen LogP contribution >= 0.6 is 0 Å². The van der Waals surface area contributed by atoms with E-state index in [4.69, 9.17) is 5.73 Å². The Morgan fingerprint density at radius 2 is 2.21 bits per heavy atom. The van der Waals surface area contributed by atoms with Gasteiger partial charge in [-0.25, -0.2) is 0 Å². The van der Waals surface area contributed by atoms with Crippen LogP contribution in [0.5, 0.6) is 0 Å². The molecule has 0 bridgehead atoms. The molecule has 5 nitrogen and oxygen atoms in total. The first-order valence-corrected chi connectivity index (χ1v) is 6.21. The summed E-state index contributed by atoms with van der Waals surface area (Å²) in [6, 6.07) is 5.36. The van der Waals surface area contributed by atoms with Crippen molar-refractivity contribution in [3.8, 4) is 0 Å². The van der Waals surface area contributed by atoms with Crippen LogP contribution in [-0.4, -0.2) is 15.6 Å². The van der Waals surface area contributed by atoms with Crippen molar-refractivity contribution in [3.05, 3.63) is 35.7 Å². The lowest BCUT2D eigenvalue weighted by molar-refractivity contribution is 0.101. The lowest BCUT2D eigenvalue weighted by Crippen LogP contribution is -2.01. The summed E-state index contributed by atoms with van der Waals surface area (Å²) in [6.07, 6.45) is 2.76. The van der Waals surface area contributed by atoms with Crippen LogP contribution in [0.3, 0.4) is 0 Å². The fraction of sp³-hybridized carbons (Fsp3) is 0.286. The second kappa shape index (κ2) is 5.14. The molecule has 1 aromatic heterocycles. The molecule has 0 aliphatic heterocycles. The third kappa shape index (κ3) is 2.76. The van der Waals surface area contributed by atoms with Crippen molar-refractivity contribution in [2.24, 2.45) is 7.05 Å². The predicted molar refractivity (Wildman–Crippen MR) is 76.7 cm³/mol. The minimum absolute atomic E-state index is 0.0388. The summed E-state index contributed by atoms with van der Waals surface area (Å²) in [4.78, 5) is 11.5. The average molecular weight is 258 g/mol. The predicted octanol–water partition coefficient (Wildman–Crippen LogP) is 2.51. The Kier molecular flexibility index (Phi) is 3.55. The molecule has 0 atom stereocenters. The van der Waals surface area contributed by atoms with E-state index in [1.54, 1.807) is 16.8 Å². The number of hydrogen-bond acceptors (Lipinski definition) is 4. The molecule has 1 aromatic carbocycles. The molecule has 19 heavy (non-hydrogen) atoms. The molecule has 0 saturated carbocycles. The highest BCUT2D eigenvalue weighted by atomic mass is 16.1. The van der Waals surface area contributed by atoms with Crippen molar-refractivity contribution >= 4 is 22.8 Å². The SMILES string of the molecule is CCc1nn(C)cc1Nc1ccc(N)c(C(C)=O)c1. The van der Waals surface area contributed by atoms with Gasteiger partial charge in [-0.05, 0) is 31.5 Å². The van der Waals surface area contributed by atoms with Gasteiger partial charge in [0.05, 0.1) is 11.4 Å². The Hall–Kier alpha value is -2.30. The number of nitrogen functional groups attached to an aromatic ring is 1. The standard InChI is InChI=1S/C14H18N4O/c1-4-13-14(8-18(3)17-13)16-10-5-6-12(15)11(7-10)9(2)19/h5-8,16H,4,15H2,1-3H3. The number of carbonyl (C=O) groups is 1. The van der Waals surface area contributed by atoms with E-state index >= 15 is 0 Å². The molecule has 100 valence electrons. The Labute approximate surface area is 112 Å². The van der Waals surface area contributed by atoms with Crippen LogP contribution in [0.2, 0.25) is 0 Å². The summed E-state index contributed by atoms with van der Waals surface area (Å²) in [7, 11) is 1.88. The molecule has 0 aliphatic carbocycles. The van der Waals surface area contributed by atoms with Crippen LogP contribution in [0.4, 0.5) is 17.1 Å². The number of aromatic nitrogens is 2. The Bertz CT molecular complexity index is 616. The van der Waals surface area contributed by atoms with Gasteiger partial charge in [-0.2, -0.15) is 5.10 Å². The molecule has 0 amide bonds. The summed E-state index contributed by atoms with van der Waals surface area (Å²) in [5.41, 5.74) is 9.59. The minimum atomic E-state index is -0.0388. The van der Waals surface area contributed by atoms with E-state index in [0.29, 0.717) is 11.3 Å². The second-order valence-corrected chi connectivity index (χ2v) is 4.50. The number of nitrogens with zero attached hydrogens (tertiary/aromatic N) is 2. The molecule has 5 heteroatoms. The molecule has 0 spiro atoms. The van der Waals surface area contributed by atoms with Gasteiger partial charge in [0.25, 0.3) is 0 Å². The van der Waals surface area contributed by atoms with Gasteiger partial charge in [-0.3, -0.25) is 9.48 Å². The number of rotatable bonds is 4. The van der Waals surface area contributed by atoms with Gasteiger partial charge in [-0.1, -0.05) is 6.92 Å². The smallest absolute Gasteiger partial charge is 0.161 e. The number of nitrogens with two attached hydrogens (primary N) is 1. The van der Waals surface area contributed by atoms with E-state index in [0.717, 1.165) is 23.5 Å². The first kappa shape index (κ1) is 13.1. The van der Waals surface area contributed by atoms with E-state index in [2.05, 4.69) is 17.3 Å². The number of carbonyl (C=O) groups excluding carboxylic acids is 1. The van der Waals surface area contributed by atoms with Crippen LogP contribution < -0.4 is 11.1 Å². The van der Waals surface area contributed by atoms with Crippen LogP contribution in [0.25, 0.3) is 0 Å². The number of benzene rings is 1. The van der Waals surface area contributed by atoms with Crippen LogP contribution in [0.15, 0.2) is 24.4 Å². The molecule has 3 N–H and O–H groups in total. The van der Waals surface area contributed by atoms with Gasteiger partial charge < -0.3 is 11.1 Å². The largest absolute Gasteiger partial charge is 0.398 e. The summed E-state index contributed by atoms with van der Waals surface area (Å²) in [5.74, 6) is -0.0388. The third-order valence-corrected chi connectivity index (χ3v) is 2.95. The quantitative estimate of drug-likeness (QED) is 0.653. The van der Waals surface area contributed by atoms with Gasteiger partial charge in [0.2, 0.25) is 0 Å². The van der Waals surface area contributed by atoms with Gasteiger partial charge in [-0.15, -0.1) is 0 Å². The van der Waals surface area contributed by atoms with Crippen LogP contribution in [-0.2, 0) is 13.5 Å². The van der Waals surface area contributed by atoms with Crippen molar-refractivity contribution in [1.29, 1.82) is 0 Å². The molecule has 0 unspecified atom stereocenters. The van der Waals surface area contributed by atoms with Crippen LogP contribution in [0, 0.1) is 0 Å². The first-order chi connectivity index (χ1) is 9.01. The van der Waals surface area contributed by atoms with Crippen molar-refractivity contribution in [2.45, 2.75) is 20.3 Å². The molecule has 0 aliphatic rings. The molecular weight excluding hydrogens is 240 g/mol. The second-order valence-electron chi connectivity index (χ2n) is 4.50. The van der Waals surface area contributed by atoms with E-state index in [1.165, 1.54) is 6.92 Å². The number of nitrogens with one attached hydrogen (secondary N) is 1. The molecule has 0 saturated heterocycles. The van der Waals surface area contributed by atoms with Gasteiger partial charge in [0.15, 0.2) is 5.78 Å². The van der Waals surface area contributed by atoms with Crippen LogP contribution in [0.1, 0.15) is 29.9 Å². The Morgan fingerprint density at radius 3 is 2.84 bits per heavy atom. The highest BCUT2D eigenvalue weighted by Gasteiger charge is 2.09. The van der Waals surface area contributed by atoms with E-state index in [-0.39, 0.29) is 5.78 Å². The van der Waals surface area contributed by atoms with E-state index < -0.39 is 0 Å². The Balaban J connectivity index is 2.33. The van der Waals surface area contributed by atoms with Gasteiger partial charge in [0.1, 0.15) is 0 Å². The maximum absolute atomic E-state index is 11.5. The molecule has 0 fully saturated rings. The zero-order valence-corrected chi connectivity index (χ0v) is 11.4. The average Bonchev–Trinajstić information content (AvgIpc) is 2.71. The molecule has 2 rings (SSSR count). The summed E-state index contributed by atoms with van der Waals surface area (Å²) in [5, 5.41) is 7.64. The maximum Gasteiger partial charge on any atom is 0.161 e. The fourth-order valence-corrected chi connectivity index (χ4v) is 1.99. The zero-order valence-electron chi connectivity index (χ0n) is 11.4. The molecule has 1 heterocycles. The van der Waals surface area contributed by atoms with Gasteiger partial charge in [0, 0.05) is 30.2 Å². The Morgan fingerprint density at radius 1 is 1.47 bits per heavy atom. The highest BCUT2D eigenvalue weighted by Crippen LogP contribution is 2.24. The molecular formula is C14H18N4O. The maximum atomic E-state index is 11.5. The van der Waals surface area contributed by atoms with E-state index in [9.17, 15) is 4.79 Å². The fourth-order valence-electron chi connectivity index (χ4n) is 1.99. The molecule has 2 aromatic rings. The van der Waals surface area contributed by atoms with E-state index in [1.807, 2.05) is 19.3 Å². The lowest BCUT2D eigenvalue weighted by atomic mass is 10.1. The van der Waals surface area contributed by atoms with Gasteiger partial charge >= 0.3 is 0 Å². The number of Topliss-reactive ketones (excluding diaryl/α,β-unsaturated/α-hetero) is 1. The first-order valence-electron chi connectivity index (χ1n) is 6.21. The van der Waals surface area contributed by atoms with Crippen molar-refractivity contribution in [3.63, 3.8) is 0 Å². The number of hydrogen-bond donors (Lipinski definition) is 2. The number of aryl methyl sites for hydroxylation is 2. The number of ketones is 1. The zero-order chi connectivity index (χ0) is 14.0. The summed E-state index contributed by atoms with van der Waals surface area (Å²) >= 11 is 0.